The topological polar surface area (TPSA) is 29.3 Å². The van der Waals surface area contributed by atoms with Crippen molar-refractivity contribution in [3.8, 4) is 0 Å². The van der Waals surface area contributed by atoms with E-state index in [2.05, 4.69) is 0 Å². The van der Waals surface area contributed by atoms with E-state index in [-0.39, 0.29) is 18.3 Å². The van der Waals surface area contributed by atoms with E-state index in [0.717, 1.165) is 11.3 Å². The van der Waals surface area contributed by atoms with Crippen LogP contribution in [-0.2, 0) is 5.41 Å². The number of hydrogen-bond donors (Lipinski definition) is 1. The fourth-order valence-corrected chi connectivity index (χ4v) is 2.82. The molecule has 1 fully saturated rings. The van der Waals surface area contributed by atoms with Crippen molar-refractivity contribution in [2.75, 3.05) is 25.5 Å². The van der Waals surface area contributed by atoms with Gasteiger partial charge in [0.1, 0.15) is 0 Å². The lowest BCUT2D eigenvalue weighted by Gasteiger charge is -2.40. The van der Waals surface area contributed by atoms with Crippen molar-refractivity contribution in [1.29, 1.82) is 0 Å². The summed E-state index contributed by atoms with van der Waals surface area (Å²) in [5.74, 6) is -2.51. The van der Waals surface area contributed by atoms with Crippen molar-refractivity contribution < 1.29 is 8.78 Å². The van der Waals surface area contributed by atoms with Crippen LogP contribution in [0.3, 0.4) is 0 Å². The molecule has 1 saturated carbocycles. The zero-order valence-electron chi connectivity index (χ0n) is 11.6. The highest BCUT2D eigenvalue weighted by atomic mass is 19.3. The minimum absolute atomic E-state index is 0.0559. The molecule has 1 aliphatic rings. The van der Waals surface area contributed by atoms with Crippen molar-refractivity contribution >= 4 is 5.69 Å². The van der Waals surface area contributed by atoms with Crippen molar-refractivity contribution in [3.63, 3.8) is 0 Å². The molecule has 0 unspecified atom stereocenters. The summed E-state index contributed by atoms with van der Waals surface area (Å²) in [7, 11) is 3.96. The Morgan fingerprint density at radius 2 is 1.58 bits per heavy atom. The van der Waals surface area contributed by atoms with Crippen LogP contribution in [0, 0.1) is 0 Å². The number of alkyl halides is 2. The van der Waals surface area contributed by atoms with Crippen LogP contribution in [-0.4, -0.2) is 26.6 Å². The first kappa shape index (κ1) is 14.3. The maximum absolute atomic E-state index is 13.3. The quantitative estimate of drug-likeness (QED) is 0.912. The summed E-state index contributed by atoms with van der Waals surface area (Å²) in [5, 5.41) is 0. The molecule has 2 N–H and O–H groups in total. The van der Waals surface area contributed by atoms with Crippen molar-refractivity contribution in [2.24, 2.45) is 5.73 Å². The number of benzene rings is 1. The van der Waals surface area contributed by atoms with Gasteiger partial charge in [0.2, 0.25) is 5.92 Å². The molecule has 0 heterocycles. The van der Waals surface area contributed by atoms with Gasteiger partial charge in [-0.1, -0.05) is 12.1 Å². The summed E-state index contributed by atoms with van der Waals surface area (Å²) in [4.78, 5) is 2.02. The van der Waals surface area contributed by atoms with Gasteiger partial charge in [0.25, 0.3) is 0 Å². The molecule has 0 bridgehead atoms. The van der Waals surface area contributed by atoms with Gasteiger partial charge in [0.15, 0.2) is 0 Å². The molecule has 2 nitrogen and oxygen atoms in total. The first-order valence-electron chi connectivity index (χ1n) is 6.74. The summed E-state index contributed by atoms with van der Waals surface area (Å²) in [5.41, 5.74) is 7.83. The summed E-state index contributed by atoms with van der Waals surface area (Å²) < 4.78 is 26.6. The summed E-state index contributed by atoms with van der Waals surface area (Å²) >= 11 is 0. The molecule has 1 aromatic carbocycles. The largest absolute Gasteiger partial charge is 0.378 e. The van der Waals surface area contributed by atoms with Gasteiger partial charge in [-0.3, -0.25) is 0 Å². The Kier molecular flexibility index (Phi) is 3.81. The molecule has 0 saturated heterocycles. The number of hydrogen-bond acceptors (Lipinski definition) is 2. The van der Waals surface area contributed by atoms with Crippen molar-refractivity contribution in [2.45, 2.75) is 37.0 Å². The second kappa shape index (κ2) is 5.08. The molecule has 4 heteroatoms. The van der Waals surface area contributed by atoms with Crippen molar-refractivity contribution in [3.05, 3.63) is 29.8 Å². The second-order valence-corrected chi connectivity index (χ2v) is 5.78. The summed E-state index contributed by atoms with van der Waals surface area (Å²) in [6.07, 6.45) is 0.828. The van der Waals surface area contributed by atoms with Crippen LogP contribution >= 0.6 is 0 Å². The lowest BCUT2D eigenvalue weighted by Crippen LogP contribution is -2.42. The SMILES string of the molecule is CN(C)c1ccc(C2(CN)CCC(F)(F)CC2)cc1. The standard InChI is InChI=1S/C15H22F2N2/c1-19(2)13-5-3-12(4-6-13)14(11-18)7-9-15(16,17)10-8-14/h3-6H,7-11,18H2,1-2H3. The Morgan fingerprint density at radius 3 is 2.00 bits per heavy atom. The van der Waals surface area contributed by atoms with E-state index < -0.39 is 5.92 Å². The van der Waals surface area contributed by atoms with E-state index in [1.807, 2.05) is 43.3 Å². The van der Waals surface area contributed by atoms with Crippen molar-refractivity contribution in [1.82, 2.24) is 0 Å². The summed E-state index contributed by atoms with van der Waals surface area (Å²) in [6.45, 7) is 0.435. The molecular formula is C15H22F2N2. The smallest absolute Gasteiger partial charge is 0.248 e. The van der Waals surface area contributed by atoms with E-state index in [1.165, 1.54) is 0 Å². The fraction of sp³-hybridized carbons (Fsp3) is 0.600. The van der Waals surface area contributed by atoms with Gasteiger partial charge in [-0.2, -0.15) is 0 Å². The molecule has 0 aromatic heterocycles. The molecule has 0 aliphatic heterocycles. The van der Waals surface area contributed by atoms with Gasteiger partial charge < -0.3 is 10.6 Å². The average molecular weight is 268 g/mol. The number of anilines is 1. The van der Waals surface area contributed by atoms with Crippen LogP contribution < -0.4 is 10.6 Å². The van der Waals surface area contributed by atoms with E-state index >= 15 is 0 Å². The van der Waals surface area contributed by atoms with Crippen LogP contribution in [0.25, 0.3) is 0 Å². The predicted octanol–water partition coefficient (Wildman–Crippen LogP) is 3.16. The second-order valence-electron chi connectivity index (χ2n) is 5.78. The molecule has 19 heavy (non-hydrogen) atoms. The first-order chi connectivity index (χ1) is 8.88. The molecule has 2 rings (SSSR count). The monoisotopic (exact) mass is 268 g/mol. The van der Waals surface area contributed by atoms with Gasteiger partial charge >= 0.3 is 0 Å². The molecule has 0 radical (unpaired) electrons. The number of nitrogens with two attached hydrogens (primary N) is 1. The average Bonchev–Trinajstić information content (AvgIpc) is 2.40. The minimum atomic E-state index is -2.51. The highest BCUT2D eigenvalue weighted by Gasteiger charge is 2.43. The molecule has 106 valence electrons. The maximum Gasteiger partial charge on any atom is 0.248 e. The maximum atomic E-state index is 13.3. The van der Waals surface area contributed by atoms with Crippen LogP contribution in [0.5, 0.6) is 0 Å². The van der Waals surface area contributed by atoms with Gasteiger partial charge in [-0.15, -0.1) is 0 Å². The summed E-state index contributed by atoms with van der Waals surface area (Å²) in [6, 6.07) is 8.12. The van der Waals surface area contributed by atoms with E-state index in [9.17, 15) is 8.78 Å². The predicted molar refractivity (Wildman–Crippen MR) is 74.9 cm³/mol. The third kappa shape index (κ3) is 2.89. The lowest BCUT2D eigenvalue weighted by atomic mass is 9.68. The molecule has 0 spiro atoms. The Bertz CT molecular complexity index is 416. The van der Waals surface area contributed by atoms with Gasteiger partial charge in [0, 0.05) is 44.6 Å². The van der Waals surface area contributed by atoms with E-state index in [1.54, 1.807) is 0 Å². The number of rotatable bonds is 3. The molecule has 1 aromatic rings. The zero-order chi connectivity index (χ0) is 14.1. The van der Waals surface area contributed by atoms with Crippen LogP contribution in [0.4, 0.5) is 14.5 Å². The normalized spacial score (nSPS) is 21.1. The van der Waals surface area contributed by atoms with Crippen LogP contribution in [0.1, 0.15) is 31.2 Å². The zero-order valence-corrected chi connectivity index (χ0v) is 11.6. The highest BCUT2D eigenvalue weighted by Crippen LogP contribution is 2.45. The van der Waals surface area contributed by atoms with Gasteiger partial charge in [0.05, 0.1) is 0 Å². The number of nitrogens with zero attached hydrogens (tertiary/aromatic N) is 1. The molecule has 1 aliphatic carbocycles. The van der Waals surface area contributed by atoms with E-state index in [4.69, 9.17) is 5.73 Å². The Labute approximate surface area is 113 Å². The number of halogens is 2. The highest BCUT2D eigenvalue weighted by molar-refractivity contribution is 5.47. The Hall–Kier alpha value is -1.16. The third-order valence-corrected chi connectivity index (χ3v) is 4.33. The van der Waals surface area contributed by atoms with Crippen LogP contribution in [0.2, 0.25) is 0 Å². The molecule has 0 atom stereocenters. The molecule has 0 amide bonds. The van der Waals surface area contributed by atoms with E-state index in [0.29, 0.717) is 19.4 Å². The van der Waals surface area contributed by atoms with Crippen LogP contribution in [0.15, 0.2) is 24.3 Å². The van der Waals surface area contributed by atoms with Gasteiger partial charge in [-0.05, 0) is 30.5 Å². The minimum Gasteiger partial charge on any atom is -0.378 e. The third-order valence-electron chi connectivity index (χ3n) is 4.33. The fourth-order valence-electron chi connectivity index (χ4n) is 2.82. The first-order valence-corrected chi connectivity index (χ1v) is 6.74. The molecular weight excluding hydrogens is 246 g/mol. The lowest BCUT2D eigenvalue weighted by molar-refractivity contribution is -0.0509. The van der Waals surface area contributed by atoms with Gasteiger partial charge in [-0.25, -0.2) is 8.78 Å². The Balaban J connectivity index is 2.22. The Morgan fingerprint density at radius 1 is 1.05 bits per heavy atom.